The van der Waals surface area contributed by atoms with E-state index in [1.807, 2.05) is 36.2 Å². The molecule has 1 amide bonds. The van der Waals surface area contributed by atoms with Crippen LogP contribution in [-0.2, 0) is 4.79 Å². The number of benzene rings is 1. The maximum Gasteiger partial charge on any atom is 0.246 e. The van der Waals surface area contributed by atoms with Crippen LogP contribution in [0, 0.1) is 0 Å². The van der Waals surface area contributed by atoms with Crippen LogP contribution in [0.5, 0.6) is 0 Å². The Morgan fingerprint density at radius 1 is 1.21 bits per heavy atom. The molecule has 0 bridgehead atoms. The summed E-state index contributed by atoms with van der Waals surface area (Å²) in [5, 5.41) is 0. The van der Waals surface area contributed by atoms with Crippen LogP contribution in [0.2, 0.25) is 0 Å². The van der Waals surface area contributed by atoms with Gasteiger partial charge in [0.25, 0.3) is 0 Å². The third-order valence-corrected chi connectivity index (χ3v) is 4.54. The number of nitrogens with zero attached hydrogens (tertiary/aromatic N) is 3. The van der Waals surface area contributed by atoms with E-state index >= 15 is 0 Å². The number of pyridine rings is 1. The Kier molecular flexibility index (Phi) is 5.26. The normalized spacial score (nSPS) is 17.9. The summed E-state index contributed by atoms with van der Waals surface area (Å²) >= 11 is 0. The number of carbonyl (C=O) groups is 1. The highest BCUT2D eigenvalue weighted by Gasteiger charge is 2.25. The molecule has 0 saturated carbocycles. The number of hydrogen-bond acceptors (Lipinski definition) is 3. The number of hydrogen-bond donors (Lipinski definition) is 0. The van der Waals surface area contributed by atoms with E-state index in [0.29, 0.717) is 0 Å². The molecule has 0 spiro atoms. The summed E-state index contributed by atoms with van der Waals surface area (Å²) in [6, 6.07) is 14.4. The number of likely N-dealkylation sites (N-methyl/N-ethyl adjacent to an activating group) is 1. The molecule has 0 radical (unpaired) electrons. The lowest BCUT2D eigenvalue weighted by Gasteiger charge is -2.38. The minimum atomic E-state index is 0.0479. The van der Waals surface area contributed by atoms with Crippen LogP contribution >= 0.6 is 0 Å². The highest BCUT2D eigenvalue weighted by atomic mass is 16.2. The molecule has 1 aromatic carbocycles. The third-order valence-electron chi connectivity index (χ3n) is 4.54. The fourth-order valence-corrected chi connectivity index (χ4v) is 3.08. The van der Waals surface area contributed by atoms with Gasteiger partial charge in [0.05, 0.1) is 0 Å². The topological polar surface area (TPSA) is 36.4 Å². The van der Waals surface area contributed by atoms with Gasteiger partial charge in [0.2, 0.25) is 5.91 Å². The Morgan fingerprint density at radius 3 is 2.71 bits per heavy atom. The molecule has 1 atom stereocenters. The fourth-order valence-electron chi connectivity index (χ4n) is 3.08. The number of aromatic nitrogens is 1. The first-order valence-corrected chi connectivity index (χ1v) is 8.39. The lowest BCUT2D eigenvalue weighted by molar-refractivity contribution is -0.126. The summed E-state index contributed by atoms with van der Waals surface area (Å²) in [4.78, 5) is 20.7. The average molecular weight is 321 g/mol. The van der Waals surface area contributed by atoms with Gasteiger partial charge in [-0.25, -0.2) is 0 Å². The molecule has 1 fully saturated rings. The highest BCUT2D eigenvalue weighted by Crippen LogP contribution is 2.22. The number of para-hydroxylation sites is 1. The zero-order valence-electron chi connectivity index (χ0n) is 14.0. The van der Waals surface area contributed by atoms with Crippen LogP contribution in [0.25, 0.3) is 6.08 Å². The van der Waals surface area contributed by atoms with Gasteiger partial charge in [-0.15, -0.1) is 0 Å². The highest BCUT2D eigenvalue weighted by molar-refractivity contribution is 5.91. The van der Waals surface area contributed by atoms with Gasteiger partial charge in [-0.05, 0) is 48.7 Å². The summed E-state index contributed by atoms with van der Waals surface area (Å²) in [6.07, 6.45) is 9.11. The maximum atomic E-state index is 12.5. The summed E-state index contributed by atoms with van der Waals surface area (Å²) in [6.45, 7) is 1.94. The zero-order valence-corrected chi connectivity index (χ0v) is 14.0. The van der Waals surface area contributed by atoms with E-state index in [-0.39, 0.29) is 11.9 Å². The predicted molar refractivity (Wildman–Crippen MR) is 97.7 cm³/mol. The number of carbonyl (C=O) groups excluding carboxylic acids is 1. The number of piperidine rings is 1. The largest absolute Gasteiger partial charge is 0.369 e. The van der Waals surface area contributed by atoms with Crippen LogP contribution in [-0.4, -0.2) is 42.0 Å². The monoisotopic (exact) mass is 321 g/mol. The first-order valence-electron chi connectivity index (χ1n) is 8.39. The molecule has 2 heterocycles. The van der Waals surface area contributed by atoms with Gasteiger partial charge in [0.15, 0.2) is 0 Å². The molecule has 4 nitrogen and oxygen atoms in total. The molecule has 4 heteroatoms. The molecule has 124 valence electrons. The van der Waals surface area contributed by atoms with E-state index in [1.54, 1.807) is 18.5 Å². The van der Waals surface area contributed by atoms with E-state index in [2.05, 4.69) is 34.1 Å². The average Bonchev–Trinajstić information content (AvgIpc) is 2.67. The van der Waals surface area contributed by atoms with Gasteiger partial charge in [-0.3, -0.25) is 9.78 Å². The van der Waals surface area contributed by atoms with Crippen molar-refractivity contribution in [2.75, 3.05) is 25.0 Å². The molecule has 0 N–H and O–H groups in total. The molecule has 1 aromatic heterocycles. The van der Waals surface area contributed by atoms with Gasteiger partial charge < -0.3 is 9.80 Å². The van der Waals surface area contributed by atoms with Crippen LogP contribution in [0.3, 0.4) is 0 Å². The zero-order chi connectivity index (χ0) is 16.8. The number of rotatable bonds is 4. The Morgan fingerprint density at radius 2 is 1.96 bits per heavy atom. The van der Waals surface area contributed by atoms with Crippen molar-refractivity contribution in [3.05, 3.63) is 66.5 Å². The van der Waals surface area contributed by atoms with E-state index in [9.17, 15) is 4.79 Å². The summed E-state index contributed by atoms with van der Waals surface area (Å²) in [7, 11) is 1.90. The first kappa shape index (κ1) is 16.2. The molecule has 1 aliphatic rings. The van der Waals surface area contributed by atoms with E-state index < -0.39 is 0 Å². The smallest absolute Gasteiger partial charge is 0.246 e. The Hall–Kier alpha value is -2.62. The molecule has 1 saturated heterocycles. The Labute approximate surface area is 143 Å². The summed E-state index contributed by atoms with van der Waals surface area (Å²) in [5.41, 5.74) is 2.22. The first-order chi connectivity index (χ1) is 11.7. The minimum Gasteiger partial charge on any atom is -0.369 e. The fraction of sp³-hybridized carbons (Fsp3) is 0.300. The van der Waals surface area contributed by atoms with Crippen LogP contribution in [0.1, 0.15) is 18.4 Å². The molecule has 2 aromatic rings. The standard InChI is InChI=1S/C20H23N3O/c1-22(20(24)10-9-17-11-13-21-14-12-17)19-8-5-15-23(16-19)18-6-3-2-4-7-18/h2-4,6-7,9-14,19H,5,8,15-16H2,1H3/b10-9+/t19-/m1/s1. The quantitative estimate of drug-likeness (QED) is 0.811. The van der Waals surface area contributed by atoms with Gasteiger partial charge in [0.1, 0.15) is 0 Å². The molecule has 0 unspecified atom stereocenters. The van der Waals surface area contributed by atoms with Crippen LogP contribution in [0.4, 0.5) is 5.69 Å². The van der Waals surface area contributed by atoms with Crippen molar-refractivity contribution in [2.24, 2.45) is 0 Å². The van der Waals surface area contributed by atoms with Crippen molar-refractivity contribution in [2.45, 2.75) is 18.9 Å². The SMILES string of the molecule is CN(C(=O)/C=C/c1ccncc1)[C@@H]1CCCN(c2ccccc2)C1. The molecule has 1 aliphatic heterocycles. The minimum absolute atomic E-state index is 0.0479. The summed E-state index contributed by atoms with van der Waals surface area (Å²) < 4.78 is 0. The molecule has 0 aliphatic carbocycles. The van der Waals surface area contributed by atoms with E-state index in [0.717, 1.165) is 31.5 Å². The van der Waals surface area contributed by atoms with Crippen molar-refractivity contribution in [1.29, 1.82) is 0 Å². The number of anilines is 1. The van der Waals surface area contributed by atoms with Gasteiger partial charge >= 0.3 is 0 Å². The Balaban J connectivity index is 1.62. The van der Waals surface area contributed by atoms with Crippen molar-refractivity contribution in [1.82, 2.24) is 9.88 Å². The second kappa shape index (κ2) is 7.77. The van der Waals surface area contributed by atoms with Crippen molar-refractivity contribution in [3.8, 4) is 0 Å². The van der Waals surface area contributed by atoms with Crippen LogP contribution in [0.15, 0.2) is 60.9 Å². The second-order valence-electron chi connectivity index (χ2n) is 6.14. The lowest BCUT2D eigenvalue weighted by atomic mass is 10.0. The van der Waals surface area contributed by atoms with Gasteiger partial charge in [-0.1, -0.05) is 18.2 Å². The predicted octanol–water partition coefficient (Wildman–Crippen LogP) is 3.22. The van der Waals surface area contributed by atoms with Crippen LogP contribution < -0.4 is 4.90 Å². The number of amides is 1. The van der Waals surface area contributed by atoms with Gasteiger partial charge in [-0.2, -0.15) is 0 Å². The molecule has 3 rings (SSSR count). The summed E-state index contributed by atoms with van der Waals surface area (Å²) in [5.74, 6) is 0.0479. The van der Waals surface area contributed by atoms with Gasteiger partial charge in [0, 0.05) is 50.3 Å². The van der Waals surface area contributed by atoms with Crippen molar-refractivity contribution < 1.29 is 4.79 Å². The van der Waals surface area contributed by atoms with E-state index in [4.69, 9.17) is 0 Å². The lowest BCUT2D eigenvalue weighted by Crippen LogP contribution is -2.48. The van der Waals surface area contributed by atoms with Crippen molar-refractivity contribution >= 4 is 17.7 Å². The molecular formula is C20H23N3O. The molecule has 24 heavy (non-hydrogen) atoms. The Bertz CT molecular complexity index is 685. The van der Waals surface area contributed by atoms with E-state index in [1.165, 1.54) is 5.69 Å². The third kappa shape index (κ3) is 4.02. The maximum absolute atomic E-state index is 12.5. The molecular weight excluding hydrogens is 298 g/mol. The van der Waals surface area contributed by atoms with Crippen molar-refractivity contribution in [3.63, 3.8) is 0 Å². The second-order valence-corrected chi connectivity index (χ2v) is 6.14.